The molecule has 1 aromatic carbocycles. The highest BCUT2D eigenvalue weighted by Crippen LogP contribution is 2.48. The Morgan fingerprint density at radius 1 is 1.35 bits per heavy atom. The third kappa shape index (κ3) is 2.79. The lowest BCUT2D eigenvalue weighted by Gasteiger charge is -2.41. The first-order chi connectivity index (χ1) is 9.11. The van der Waals surface area contributed by atoms with Gasteiger partial charge in [0.05, 0.1) is 0 Å². The van der Waals surface area contributed by atoms with Gasteiger partial charge in [-0.1, -0.05) is 24.1 Å². The number of nitrogens with zero attached hydrogens (tertiary/aromatic N) is 1. The molecule has 2 aliphatic rings. The summed E-state index contributed by atoms with van der Waals surface area (Å²) < 4.78 is 6.42. The predicted molar refractivity (Wildman–Crippen MR) is 86.3 cm³/mol. The maximum absolute atomic E-state index is 6.42. The van der Waals surface area contributed by atoms with Crippen LogP contribution < -0.4 is 4.74 Å². The molecular formula is C16H23Cl2NO. The van der Waals surface area contributed by atoms with E-state index < -0.39 is 0 Å². The molecular weight excluding hydrogens is 293 g/mol. The van der Waals surface area contributed by atoms with E-state index in [1.165, 1.54) is 24.8 Å². The monoisotopic (exact) mass is 315 g/mol. The van der Waals surface area contributed by atoms with Crippen LogP contribution in [0.2, 0.25) is 5.02 Å². The fourth-order valence-corrected chi connectivity index (χ4v) is 3.94. The molecule has 4 heteroatoms. The number of halogens is 2. The van der Waals surface area contributed by atoms with Crippen LogP contribution in [0, 0.1) is 5.92 Å². The van der Waals surface area contributed by atoms with Gasteiger partial charge < -0.3 is 9.64 Å². The van der Waals surface area contributed by atoms with E-state index in [1.807, 2.05) is 12.1 Å². The molecule has 20 heavy (non-hydrogen) atoms. The molecule has 3 rings (SSSR count). The molecule has 0 bridgehead atoms. The molecule has 112 valence electrons. The zero-order valence-electron chi connectivity index (χ0n) is 12.2. The molecule has 0 amide bonds. The minimum absolute atomic E-state index is 0. The van der Waals surface area contributed by atoms with Crippen molar-refractivity contribution < 1.29 is 4.74 Å². The van der Waals surface area contributed by atoms with Crippen molar-refractivity contribution in [2.24, 2.45) is 5.92 Å². The van der Waals surface area contributed by atoms with E-state index >= 15 is 0 Å². The van der Waals surface area contributed by atoms with E-state index in [9.17, 15) is 0 Å². The number of benzene rings is 1. The third-order valence-corrected chi connectivity index (χ3v) is 4.95. The van der Waals surface area contributed by atoms with Gasteiger partial charge in [-0.15, -0.1) is 12.4 Å². The number of fused-ring (bicyclic) bond motifs is 1. The summed E-state index contributed by atoms with van der Waals surface area (Å²) in [5.74, 6) is 1.62. The first kappa shape index (κ1) is 15.9. The highest BCUT2D eigenvalue weighted by atomic mass is 35.5. The molecule has 2 unspecified atom stereocenters. The lowest BCUT2D eigenvalue weighted by molar-refractivity contribution is -0.0149. The summed E-state index contributed by atoms with van der Waals surface area (Å²) in [5.41, 5.74) is 1.21. The van der Waals surface area contributed by atoms with E-state index in [0.717, 1.165) is 30.2 Å². The van der Waals surface area contributed by atoms with Gasteiger partial charge in [-0.2, -0.15) is 0 Å². The molecule has 1 fully saturated rings. The molecule has 1 aliphatic heterocycles. The van der Waals surface area contributed by atoms with Gasteiger partial charge in [0.15, 0.2) is 0 Å². The quantitative estimate of drug-likeness (QED) is 0.811. The van der Waals surface area contributed by atoms with E-state index in [2.05, 4.69) is 25.1 Å². The number of hydrogen-bond acceptors (Lipinski definition) is 2. The second kappa shape index (κ2) is 6.13. The van der Waals surface area contributed by atoms with Crippen LogP contribution in [0.15, 0.2) is 18.2 Å². The van der Waals surface area contributed by atoms with Crippen LogP contribution >= 0.6 is 24.0 Å². The van der Waals surface area contributed by atoms with Crippen LogP contribution in [0.3, 0.4) is 0 Å². The fourth-order valence-electron chi connectivity index (χ4n) is 3.71. The largest absolute Gasteiger partial charge is 0.486 e. The molecule has 1 saturated carbocycles. The van der Waals surface area contributed by atoms with Gasteiger partial charge in [0, 0.05) is 29.5 Å². The summed E-state index contributed by atoms with van der Waals surface area (Å²) in [6.45, 7) is 1.10. The van der Waals surface area contributed by atoms with E-state index in [0.29, 0.717) is 5.92 Å². The van der Waals surface area contributed by atoms with Crippen LogP contribution in [0.4, 0.5) is 0 Å². The number of ether oxygens (including phenoxy) is 1. The van der Waals surface area contributed by atoms with Gasteiger partial charge in [0.2, 0.25) is 0 Å². The highest BCUT2D eigenvalue weighted by Gasteiger charge is 2.47. The molecule has 1 aromatic rings. The van der Waals surface area contributed by atoms with Crippen molar-refractivity contribution >= 4 is 24.0 Å². The van der Waals surface area contributed by atoms with Gasteiger partial charge in [-0.05, 0) is 45.5 Å². The smallest absolute Gasteiger partial charge is 0.125 e. The molecule has 1 spiro atoms. The first-order valence-electron chi connectivity index (χ1n) is 7.22. The molecule has 0 N–H and O–H groups in total. The maximum atomic E-state index is 6.42. The average molecular weight is 316 g/mol. The Morgan fingerprint density at radius 3 is 2.85 bits per heavy atom. The van der Waals surface area contributed by atoms with Crippen molar-refractivity contribution in [1.82, 2.24) is 4.90 Å². The molecule has 2 atom stereocenters. The lowest BCUT2D eigenvalue weighted by Crippen LogP contribution is -2.48. The second-order valence-corrected chi connectivity index (χ2v) is 6.67. The van der Waals surface area contributed by atoms with Crippen LogP contribution in [0.5, 0.6) is 5.75 Å². The van der Waals surface area contributed by atoms with Gasteiger partial charge >= 0.3 is 0 Å². The summed E-state index contributed by atoms with van der Waals surface area (Å²) in [6.07, 6.45) is 6.02. The SMILES string of the molecule is CN(C)CC1CCCCC12Cc1c(Cl)cccc1O2.Cl. The minimum Gasteiger partial charge on any atom is -0.486 e. The van der Waals surface area contributed by atoms with Crippen molar-refractivity contribution in [3.8, 4) is 5.75 Å². The van der Waals surface area contributed by atoms with Crippen LogP contribution in [0.1, 0.15) is 31.2 Å². The van der Waals surface area contributed by atoms with Gasteiger partial charge in [-0.3, -0.25) is 0 Å². The van der Waals surface area contributed by atoms with Gasteiger partial charge in [-0.25, -0.2) is 0 Å². The van der Waals surface area contributed by atoms with Crippen molar-refractivity contribution in [2.75, 3.05) is 20.6 Å². The Bertz CT molecular complexity index is 478. The Kier molecular flexibility index (Phi) is 4.88. The Hall–Kier alpha value is -0.440. The number of rotatable bonds is 2. The maximum Gasteiger partial charge on any atom is 0.125 e. The zero-order chi connectivity index (χ0) is 13.5. The van der Waals surface area contributed by atoms with Crippen LogP contribution in [-0.4, -0.2) is 31.1 Å². The second-order valence-electron chi connectivity index (χ2n) is 6.27. The first-order valence-corrected chi connectivity index (χ1v) is 7.60. The number of hydrogen-bond donors (Lipinski definition) is 0. The average Bonchev–Trinajstić information content (AvgIpc) is 2.73. The van der Waals surface area contributed by atoms with Crippen molar-refractivity contribution in [1.29, 1.82) is 0 Å². The summed E-state index contributed by atoms with van der Waals surface area (Å²) in [5, 5.41) is 0.864. The standard InChI is InChI=1S/C16H22ClNO.ClH/c1-18(2)11-12-6-3-4-9-16(12)10-13-14(17)7-5-8-15(13)19-16;/h5,7-8,12H,3-4,6,9-11H2,1-2H3;1H. The van der Waals surface area contributed by atoms with E-state index in [1.54, 1.807) is 0 Å². The van der Waals surface area contributed by atoms with E-state index in [4.69, 9.17) is 16.3 Å². The van der Waals surface area contributed by atoms with E-state index in [-0.39, 0.29) is 18.0 Å². The highest BCUT2D eigenvalue weighted by molar-refractivity contribution is 6.31. The summed E-state index contributed by atoms with van der Waals surface area (Å²) in [4.78, 5) is 2.28. The fraction of sp³-hybridized carbons (Fsp3) is 0.625. The van der Waals surface area contributed by atoms with Gasteiger partial charge in [0.1, 0.15) is 11.4 Å². The van der Waals surface area contributed by atoms with Crippen molar-refractivity contribution in [3.05, 3.63) is 28.8 Å². The lowest BCUT2D eigenvalue weighted by atomic mass is 9.73. The normalized spacial score (nSPS) is 28.1. The Labute approximate surface area is 132 Å². The summed E-state index contributed by atoms with van der Waals surface area (Å²) in [6, 6.07) is 6.04. The summed E-state index contributed by atoms with van der Waals surface area (Å²) in [7, 11) is 4.30. The Morgan fingerprint density at radius 2 is 2.15 bits per heavy atom. The molecule has 1 aliphatic carbocycles. The molecule has 0 radical (unpaired) electrons. The van der Waals surface area contributed by atoms with Crippen molar-refractivity contribution in [2.45, 2.75) is 37.7 Å². The van der Waals surface area contributed by atoms with Crippen LogP contribution in [-0.2, 0) is 6.42 Å². The van der Waals surface area contributed by atoms with Crippen molar-refractivity contribution in [3.63, 3.8) is 0 Å². The predicted octanol–water partition coefficient (Wildman–Crippen LogP) is 4.19. The zero-order valence-corrected chi connectivity index (χ0v) is 13.8. The summed E-state index contributed by atoms with van der Waals surface area (Å²) >= 11 is 6.34. The minimum atomic E-state index is -0.00412. The molecule has 0 aromatic heterocycles. The topological polar surface area (TPSA) is 12.5 Å². The molecule has 0 saturated heterocycles. The Balaban J connectivity index is 0.00000147. The van der Waals surface area contributed by atoms with Crippen LogP contribution in [0.25, 0.3) is 0 Å². The molecule has 2 nitrogen and oxygen atoms in total. The van der Waals surface area contributed by atoms with Gasteiger partial charge in [0.25, 0.3) is 0 Å². The molecule has 1 heterocycles. The third-order valence-electron chi connectivity index (χ3n) is 4.60.